The molecule has 35 heavy (non-hydrogen) atoms. The number of halogens is 1. The molecule has 0 aliphatic carbocycles. The van der Waals surface area contributed by atoms with Crippen molar-refractivity contribution in [3.05, 3.63) is 81.2 Å². The van der Waals surface area contributed by atoms with Gasteiger partial charge in [0, 0.05) is 49.2 Å². The van der Waals surface area contributed by atoms with Crippen LogP contribution in [0.25, 0.3) is 10.4 Å². The summed E-state index contributed by atoms with van der Waals surface area (Å²) in [6.45, 7) is 9.59. The molecule has 0 aromatic heterocycles. The van der Waals surface area contributed by atoms with Crippen LogP contribution >= 0.6 is 11.6 Å². The van der Waals surface area contributed by atoms with Crippen LogP contribution in [-0.2, 0) is 9.53 Å². The number of piperazine rings is 1. The molecule has 0 radical (unpaired) electrons. The molecule has 2 aromatic rings. The highest BCUT2D eigenvalue weighted by Gasteiger charge is 2.26. The van der Waals surface area contributed by atoms with E-state index in [2.05, 4.69) is 70.1 Å². The second-order valence-electron chi connectivity index (χ2n) is 8.83. The van der Waals surface area contributed by atoms with E-state index in [4.69, 9.17) is 27.0 Å². The smallest absolute Gasteiger partial charge is 0.329 e. The molecule has 190 valence electrons. The molecule has 3 rings (SSSR count). The Hall–Kier alpha value is -2.61. The normalized spacial score (nSPS) is 15.1. The third-order valence-corrected chi connectivity index (χ3v) is 5.97. The van der Waals surface area contributed by atoms with E-state index in [1.165, 1.54) is 11.1 Å². The number of carboxylic acids is 1. The Morgan fingerprint density at radius 2 is 1.71 bits per heavy atom. The number of hydrogen-bond donors (Lipinski definition) is 1. The number of benzene rings is 2. The van der Waals surface area contributed by atoms with Crippen molar-refractivity contribution in [2.24, 2.45) is 11.0 Å². The van der Waals surface area contributed by atoms with Gasteiger partial charge in [0.05, 0.1) is 12.6 Å². The summed E-state index contributed by atoms with van der Waals surface area (Å²) in [6.07, 6.45) is 0.990. The van der Waals surface area contributed by atoms with Crippen molar-refractivity contribution < 1.29 is 14.6 Å². The average molecular weight is 502 g/mol. The van der Waals surface area contributed by atoms with Crippen molar-refractivity contribution in [3.63, 3.8) is 0 Å². The molecule has 8 nitrogen and oxygen atoms in total. The molecule has 1 aliphatic rings. The zero-order chi connectivity index (χ0) is 25.5. The third kappa shape index (κ3) is 11.1. The summed E-state index contributed by atoms with van der Waals surface area (Å²) in [5, 5.41) is 12.8. The summed E-state index contributed by atoms with van der Waals surface area (Å²) in [5.41, 5.74) is 10.4. The second kappa shape index (κ2) is 16.1. The Labute approximate surface area is 213 Å². The lowest BCUT2D eigenvalue weighted by Crippen LogP contribution is -2.48. The summed E-state index contributed by atoms with van der Waals surface area (Å²) in [7, 11) is 0. The minimum atomic E-state index is -0.923. The number of carbonyl (C=O) groups is 1. The fourth-order valence-corrected chi connectivity index (χ4v) is 3.98. The second-order valence-corrected chi connectivity index (χ2v) is 9.26. The minimum absolute atomic E-state index is 0.203. The Balaban J connectivity index is 0.000000466. The summed E-state index contributed by atoms with van der Waals surface area (Å²) in [5.74, 6) is -0.283. The molecule has 1 heterocycles. The molecule has 2 aromatic carbocycles. The summed E-state index contributed by atoms with van der Waals surface area (Å²) in [6, 6.07) is 18.8. The molecule has 1 atom stereocenters. The summed E-state index contributed by atoms with van der Waals surface area (Å²) >= 11 is 6.08. The van der Waals surface area contributed by atoms with Crippen LogP contribution in [0.5, 0.6) is 0 Å². The Kier molecular flexibility index (Phi) is 13.2. The fourth-order valence-electron chi connectivity index (χ4n) is 3.85. The number of ether oxygens (including phenoxy) is 1. The topological polar surface area (TPSA) is 102 Å². The lowest BCUT2D eigenvalue weighted by atomic mass is 9.96. The monoisotopic (exact) mass is 501 g/mol. The van der Waals surface area contributed by atoms with E-state index in [1.807, 2.05) is 18.2 Å². The number of rotatable bonds is 11. The number of carboxylic acid groups (broad SMARTS) is 1. The van der Waals surface area contributed by atoms with Crippen molar-refractivity contribution >= 4 is 17.6 Å². The van der Waals surface area contributed by atoms with Gasteiger partial charge in [-0.25, -0.2) is 4.79 Å². The highest BCUT2D eigenvalue weighted by Crippen LogP contribution is 2.30. The van der Waals surface area contributed by atoms with Gasteiger partial charge < -0.3 is 9.84 Å². The number of hydrogen-bond acceptors (Lipinski definition) is 5. The van der Waals surface area contributed by atoms with Gasteiger partial charge in [-0.15, -0.1) is 0 Å². The largest absolute Gasteiger partial charge is 0.480 e. The highest BCUT2D eigenvalue weighted by atomic mass is 35.5. The van der Waals surface area contributed by atoms with Crippen LogP contribution < -0.4 is 0 Å². The molecule has 1 aliphatic heterocycles. The third-order valence-electron chi connectivity index (χ3n) is 5.72. The first-order valence-electron chi connectivity index (χ1n) is 12.0. The van der Waals surface area contributed by atoms with Crippen LogP contribution in [0.2, 0.25) is 5.02 Å². The fraction of sp³-hybridized carbons (Fsp3) is 0.500. The van der Waals surface area contributed by atoms with E-state index in [1.54, 1.807) is 0 Å². The molecular formula is C26H36ClN5O3. The van der Waals surface area contributed by atoms with Gasteiger partial charge in [0.15, 0.2) is 0 Å². The molecule has 0 amide bonds. The van der Waals surface area contributed by atoms with E-state index < -0.39 is 5.97 Å². The van der Waals surface area contributed by atoms with Crippen LogP contribution in [0.3, 0.4) is 0 Å². The van der Waals surface area contributed by atoms with E-state index >= 15 is 0 Å². The quantitative estimate of drug-likeness (QED) is 0.190. The van der Waals surface area contributed by atoms with Gasteiger partial charge in [0.25, 0.3) is 0 Å². The standard InChI is InChI=1S/C21H25ClN2O3.C5H11N3/c22-19-8-6-18(7-9-19)21(17-4-2-1-3-5-17)24-12-10-23(11-13-24)14-15-27-16-20(25)26;1-5(2)3-4-7-8-6/h1-9,21H,10-16H2,(H,25,26);5H,3-4H2,1-2H3. The minimum Gasteiger partial charge on any atom is -0.480 e. The molecule has 0 bridgehead atoms. The predicted molar refractivity (Wildman–Crippen MR) is 140 cm³/mol. The van der Waals surface area contributed by atoms with Gasteiger partial charge in [0.1, 0.15) is 6.61 Å². The van der Waals surface area contributed by atoms with Crippen molar-refractivity contribution in [2.75, 3.05) is 52.5 Å². The Morgan fingerprint density at radius 3 is 2.29 bits per heavy atom. The van der Waals surface area contributed by atoms with Crippen LogP contribution in [-0.4, -0.2) is 73.4 Å². The molecular weight excluding hydrogens is 466 g/mol. The van der Waals surface area contributed by atoms with Gasteiger partial charge in [0.2, 0.25) is 0 Å². The number of nitrogens with zero attached hydrogens (tertiary/aromatic N) is 5. The SMILES string of the molecule is CC(C)CCN=[N+]=[N-].O=C(O)COCCN1CCN(C(c2ccccc2)c2ccc(Cl)cc2)CC1. The van der Waals surface area contributed by atoms with E-state index in [-0.39, 0.29) is 12.6 Å². The van der Waals surface area contributed by atoms with Crippen LogP contribution in [0.1, 0.15) is 37.4 Å². The zero-order valence-corrected chi connectivity index (χ0v) is 21.3. The first kappa shape index (κ1) is 28.6. The Bertz CT molecular complexity index is 912. The molecule has 1 saturated heterocycles. The van der Waals surface area contributed by atoms with Crippen LogP contribution in [0, 0.1) is 5.92 Å². The maximum atomic E-state index is 10.5. The molecule has 0 saturated carbocycles. The van der Waals surface area contributed by atoms with E-state index in [0.717, 1.165) is 44.2 Å². The summed E-state index contributed by atoms with van der Waals surface area (Å²) < 4.78 is 5.15. The van der Waals surface area contributed by atoms with Gasteiger partial charge in [-0.2, -0.15) is 0 Å². The molecule has 0 spiro atoms. The number of aliphatic carboxylic acids is 1. The Morgan fingerprint density at radius 1 is 1.09 bits per heavy atom. The molecule has 9 heteroatoms. The van der Waals surface area contributed by atoms with Gasteiger partial charge in [-0.05, 0) is 41.1 Å². The van der Waals surface area contributed by atoms with Crippen molar-refractivity contribution in [1.82, 2.24) is 9.80 Å². The van der Waals surface area contributed by atoms with Crippen molar-refractivity contribution in [1.29, 1.82) is 0 Å². The highest BCUT2D eigenvalue weighted by molar-refractivity contribution is 6.30. The van der Waals surface area contributed by atoms with Crippen LogP contribution in [0.15, 0.2) is 59.7 Å². The first-order chi connectivity index (χ1) is 16.9. The zero-order valence-electron chi connectivity index (χ0n) is 20.6. The van der Waals surface area contributed by atoms with E-state index in [0.29, 0.717) is 19.1 Å². The average Bonchev–Trinajstić information content (AvgIpc) is 2.85. The van der Waals surface area contributed by atoms with E-state index in [9.17, 15) is 4.79 Å². The maximum absolute atomic E-state index is 10.5. The van der Waals surface area contributed by atoms with Gasteiger partial charge in [-0.3, -0.25) is 9.80 Å². The maximum Gasteiger partial charge on any atom is 0.329 e. The molecule has 1 unspecified atom stereocenters. The first-order valence-corrected chi connectivity index (χ1v) is 12.4. The number of azide groups is 1. The molecule has 1 N–H and O–H groups in total. The predicted octanol–water partition coefficient (Wildman–Crippen LogP) is 5.49. The van der Waals surface area contributed by atoms with Gasteiger partial charge >= 0.3 is 5.97 Å². The van der Waals surface area contributed by atoms with Gasteiger partial charge in [-0.1, -0.05) is 73.0 Å². The van der Waals surface area contributed by atoms with Crippen molar-refractivity contribution in [3.8, 4) is 0 Å². The van der Waals surface area contributed by atoms with Crippen molar-refractivity contribution in [2.45, 2.75) is 26.3 Å². The summed E-state index contributed by atoms with van der Waals surface area (Å²) in [4.78, 5) is 18.0. The lowest BCUT2D eigenvalue weighted by Gasteiger charge is -2.39. The lowest BCUT2D eigenvalue weighted by molar-refractivity contribution is -0.142. The molecule has 1 fully saturated rings. The van der Waals surface area contributed by atoms with Crippen LogP contribution in [0.4, 0.5) is 0 Å².